The molecule has 0 bridgehead atoms. The summed E-state index contributed by atoms with van der Waals surface area (Å²) in [4.78, 5) is 6.66. The highest BCUT2D eigenvalue weighted by Crippen LogP contribution is 2.38. The van der Waals surface area contributed by atoms with Gasteiger partial charge in [0.05, 0.1) is 39.6 Å². The van der Waals surface area contributed by atoms with Crippen molar-refractivity contribution in [3.8, 4) is 22.9 Å². The van der Waals surface area contributed by atoms with Crippen molar-refractivity contribution >= 4 is 45.5 Å². The molecule has 7 heteroatoms. The molecule has 3 aromatic carbocycles. The van der Waals surface area contributed by atoms with E-state index in [1.165, 1.54) is 12.7 Å². The van der Waals surface area contributed by atoms with Gasteiger partial charge >= 0.3 is 0 Å². The van der Waals surface area contributed by atoms with Crippen LogP contribution < -0.4 is 10.1 Å². The smallest absolute Gasteiger partial charge is 0.139 e. The highest BCUT2D eigenvalue weighted by atomic mass is 35.5. The first-order valence-electron chi connectivity index (χ1n) is 10.3. The van der Waals surface area contributed by atoms with Crippen LogP contribution in [-0.2, 0) is 6.54 Å². The largest absolute Gasteiger partial charge is 0.495 e. The summed E-state index contributed by atoms with van der Waals surface area (Å²) in [5.74, 6) is 0.487. The molecule has 1 aromatic heterocycles. The fraction of sp³-hybridized carbons (Fsp3) is 0.154. The fourth-order valence-corrected chi connectivity index (χ4v) is 4.18. The molecule has 0 spiro atoms. The van der Waals surface area contributed by atoms with Gasteiger partial charge in [-0.15, -0.1) is 0 Å². The van der Waals surface area contributed by atoms with Gasteiger partial charge < -0.3 is 15.0 Å². The zero-order valence-corrected chi connectivity index (χ0v) is 20.0. The number of nitriles is 1. The Balaban J connectivity index is 1.75. The van der Waals surface area contributed by atoms with E-state index in [-0.39, 0.29) is 0 Å². The van der Waals surface area contributed by atoms with Crippen LogP contribution in [0.15, 0.2) is 60.8 Å². The third kappa shape index (κ3) is 4.89. The van der Waals surface area contributed by atoms with E-state index in [2.05, 4.69) is 59.6 Å². The summed E-state index contributed by atoms with van der Waals surface area (Å²) in [6.45, 7) is 0.892. The molecule has 0 aliphatic carbocycles. The maximum atomic E-state index is 9.68. The predicted octanol–water partition coefficient (Wildman–Crippen LogP) is 6.89. The van der Waals surface area contributed by atoms with Crippen molar-refractivity contribution in [3.63, 3.8) is 0 Å². The number of hydrogen-bond acceptors (Lipinski definition) is 5. The molecule has 0 saturated carbocycles. The minimum atomic E-state index is 0.410. The average Bonchev–Trinajstić information content (AvgIpc) is 2.80. The monoisotopic (exact) mass is 476 g/mol. The standard InChI is InChI=1S/C26H22Cl2N4O/c1-32(2)15-16-4-6-17(7-5-16)18-8-9-20-23(10-18)30-14-19(13-29)26(20)31-24-12-25(33-3)22(28)11-21(24)27/h4-12,14H,15H2,1-3H3,(H,30,31). The van der Waals surface area contributed by atoms with Gasteiger partial charge in [-0.25, -0.2) is 0 Å². The topological polar surface area (TPSA) is 61.2 Å². The zero-order chi connectivity index (χ0) is 23.5. The molecule has 0 aliphatic heterocycles. The first kappa shape index (κ1) is 22.9. The third-order valence-corrected chi connectivity index (χ3v) is 5.88. The third-order valence-electron chi connectivity index (χ3n) is 5.28. The van der Waals surface area contributed by atoms with Crippen LogP contribution in [0.2, 0.25) is 10.0 Å². The fourth-order valence-electron chi connectivity index (χ4n) is 3.68. The molecule has 4 rings (SSSR count). The van der Waals surface area contributed by atoms with Gasteiger partial charge in [0.1, 0.15) is 11.8 Å². The summed E-state index contributed by atoms with van der Waals surface area (Å²) in [6.07, 6.45) is 1.57. The molecule has 0 saturated heterocycles. The second-order valence-corrected chi connectivity index (χ2v) is 8.73. The Labute approximate surface area is 203 Å². The molecule has 0 aliphatic rings. The van der Waals surface area contributed by atoms with Crippen molar-refractivity contribution < 1.29 is 4.74 Å². The van der Waals surface area contributed by atoms with Crippen LogP contribution in [0, 0.1) is 11.3 Å². The number of fused-ring (bicyclic) bond motifs is 1. The molecule has 0 fully saturated rings. The Bertz CT molecular complexity index is 1360. The summed E-state index contributed by atoms with van der Waals surface area (Å²) in [6, 6.07) is 20.0. The molecule has 0 amide bonds. The lowest BCUT2D eigenvalue weighted by molar-refractivity contribution is 0.402. The van der Waals surface area contributed by atoms with Gasteiger partial charge in [0.25, 0.3) is 0 Å². The maximum absolute atomic E-state index is 9.68. The van der Waals surface area contributed by atoms with Gasteiger partial charge in [0, 0.05) is 24.2 Å². The molecule has 0 radical (unpaired) electrons. The Hall–Kier alpha value is -3.30. The number of nitrogens with zero attached hydrogens (tertiary/aromatic N) is 3. The zero-order valence-electron chi connectivity index (χ0n) is 18.5. The Kier molecular flexibility index (Phi) is 6.71. The van der Waals surface area contributed by atoms with Gasteiger partial charge in [-0.3, -0.25) is 4.98 Å². The highest BCUT2D eigenvalue weighted by molar-refractivity contribution is 6.37. The number of anilines is 2. The SMILES string of the molecule is COc1cc(Nc2c(C#N)cnc3cc(-c4ccc(CN(C)C)cc4)ccc23)c(Cl)cc1Cl. The normalized spacial score (nSPS) is 10.9. The average molecular weight is 477 g/mol. The van der Waals surface area contributed by atoms with Crippen LogP contribution in [-0.4, -0.2) is 31.1 Å². The molecule has 5 nitrogen and oxygen atoms in total. The lowest BCUT2D eigenvalue weighted by Gasteiger charge is -2.15. The minimum absolute atomic E-state index is 0.410. The summed E-state index contributed by atoms with van der Waals surface area (Å²) >= 11 is 12.6. The van der Waals surface area contributed by atoms with E-state index in [1.807, 2.05) is 18.2 Å². The molecule has 1 N–H and O–H groups in total. The maximum Gasteiger partial charge on any atom is 0.139 e. The van der Waals surface area contributed by atoms with Crippen LogP contribution in [0.3, 0.4) is 0 Å². The van der Waals surface area contributed by atoms with Crippen molar-refractivity contribution in [1.82, 2.24) is 9.88 Å². The van der Waals surface area contributed by atoms with E-state index in [0.29, 0.717) is 32.7 Å². The second-order valence-electron chi connectivity index (χ2n) is 7.92. The molecule has 1 heterocycles. The molecule has 0 unspecified atom stereocenters. The number of methoxy groups -OCH3 is 1. The van der Waals surface area contributed by atoms with Gasteiger partial charge in [-0.2, -0.15) is 5.26 Å². The van der Waals surface area contributed by atoms with E-state index >= 15 is 0 Å². The van der Waals surface area contributed by atoms with Gasteiger partial charge in [-0.05, 0) is 42.9 Å². The number of pyridine rings is 1. The van der Waals surface area contributed by atoms with Crippen LogP contribution in [0.4, 0.5) is 11.4 Å². The Morgan fingerprint density at radius 2 is 1.73 bits per heavy atom. The second kappa shape index (κ2) is 9.68. The molecule has 4 aromatic rings. The van der Waals surface area contributed by atoms with Crippen LogP contribution >= 0.6 is 23.2 Å². The predicted molar refractivity (Wildman–Crippen MR) is 136 cm³/mol. The number of aromatic nitrogens is 1. The first-order valence-corrected chi connectivity index (χ1v) is 11.0. The van der Waals surface area contributed by atoms with Gasteiger partial charge in [0.2, 0.25) is 0 Å². The van der Waals surface area contributed by atoms with Crippen molar-refractivity contribution in [1.29, 1.82) is 5.26 Å². The van der Waals surface area contributed by atoms with E-state index in [1.54, 1.807) is 18.3 Å². The Morgan fingerprint density at radius 3 is 2.39 bits per heavy atom. The van der Waals surface area contributed by atoms with E-state index in [4.69, 9.17) is 27.9 Å². The van der Waals surface area contributed by atoms with Crippen molar-refractivity contribution in [2.75, 3.05) is 26.5 Å². The highest BCUT2D eigenvalue weighted by Gasteiger charge is 2.14. The number of ether oxygens (including phenoxy) is 1. The van der Waals surface area contributed by atoms with Crippen LogP contribution in [0.25, 0.3) is 22.0 Å². The summed E-state index contributed by atoms with van der Waals surface area (Å²) in [5.41, 5.74) is 5.79. The summed E-state index contributed by atoms with van der Waals surface area (Å²) < 4.78 is 5.31. The lowest BCUT2D eigenvalue weighted by atomic mass is 10.0. The van der Waals surface area contributed by atoms with E-state index in [0.717, 1.165) is 28.6 Å². The number of halogens is 2. The van der Waals surface area contributed by atoms with Gasteiger partial charge in [0.15, 0.2) is 0 Å². The number of rotatable bonds is 6. The van der Waals surface area contributed by atoms with Crippen molar-refractivity contribution in [2.24, 2.45) is 0 Å². The van der Waals surface area contributed by atoms with E-state index in [9.17, 15) is 5.26 Å². The quantitative estimate of drug-likeness (QED) is 0.328. The number of hydrogen-bond donors (Lipinski definition) is 1. The van der Waals surface area contributed by atoms with Crippen molar-refractivity contribution in [2.45, 2.75) is 6.54 Å². The molecule has 33 heavy (non-hydrogen) atoms. The van der Waals surface area contributed by atoms with E-state index < -0.39 is 0 Å². The van der Waals surface area contributed by atoms with Crippen LogP contribution in [0.5, 0.6) is 5.75 Å². The number of benzene rings is 3. The molecular weight excluding hydrogens is 455 g/mol. The van der Waals surface area contributed by atoms with Gasteiger partial charge in [-0.1, -0.05) is 59.6 Å². The molecular formula is C26H22Cl2N4O. The van der Waals surface area contributed by atoms with Crippen molar-refractivity contribution in [3.05, 3.63) is 82.0 Å². The Morgan fingerprint density at radius 1 is 1.00 bits per heavy atom. The lowest BCUT2D eigenvalue weighted by Crippen LogP contribution is -2.10. The minimum Gasteiger partial charge on any atom is -0.495 e. The van der Waals surface area contributed by atoms with Crippen LogP contribution in [0.1, 0.15) is 11.1 Å². The first-order chi connectivity index (χ1) is 15.9. The molecule has 0 atom stereocenters. The molecule has 166 valence electrons. The number of nitrogens with one attached hydrogen (secondary N) is 1. The summed E-state index contributed by atoms with van der Waals surface area (Å²) in [7, 11) is 5.64. The summed E-state index contributed by atoms with van der Waals surface area (Å²) in [5, 5.41) is 14.6.